The van der Waals surface area contributed by atoms with Crippen LogP contribution in [-0.4, -0.2) is 10.2 Å². The van der Waals surface area contributed by atoms with Crippen molar-refractivity contribution in [2.75, 3.05) is 4.90 Å². The molecule has 3 rings (SSSR count). The fourth-order valence-electron chi connectivity index (χ4n) is 2.33. The Labute approximate surface area is 145 Å². The van der Waals surface area contributed by atoms with Gasteiger partial charge in [0, 0.05) is 0 Å². The molecule has 1 aliphatic heterocycles. The number of anilines is 1. The normalized spacial score (nSPS) is 17.2. The number of carbonyl (C=O) groups excluding carboxylic acids is 1. The van der Waals surface area contributed by atoms with Crippen LogP contribution in [0.3, 0.4) is 0 Å². The Bertz CT molecular complexity index is 795. The number of hydrogen-bond donors (Lipinski definition) is 0. The zero-order chi connectivity index (χ0) is 16.2. The van der Waals surface area contributed by atoms with Gasteiger partial charge in [-0.25, -0.2) is 0 Å². The molecule has 4 heteroatoms. The van der Waals surface area contributed by atoms with Crippen LogP contribution in [-0.2, 0) is 4.79 Å². The molecule has 1 fully saturated rings. The summed E-state index contributed by atoms with van der Waals surface area (Å²) in [6.45, 7) is 1.99. The number of carbonyl (C=O) groups is 1. The third-order valence-electron chi connectivity index (χ3n) is 3.36. The molecule has 1 saturated heterocycles. The standard InChI is InChI=1S/C19H15NOS2/c1-14(12-15-8-4-2-5-9-15)13-17-18(21)20(19(22)23-17)16-10-6-3-7-11-16/h2-13H,1H3/b14-12?,17-13-. The van der Waals surface area contributed by atoms with Gasteiger partial charge < -0.3 is 0 Å². The monoisotopic (exact) mass is 337 g/mol. The lowest BCUT2D eigenvalue weighted by Crippen LogP contribution is -2.27. The quantitative estimate of drug-likeness (QED) is 0.578. The number of rotatable bonds is 3. The zero-order valence-corrected chi connectivity index (χ0v) is 14.2. The minimum Gasteiger partial charge on any atom is -0.268 e. The van der Waals surface area contributed by atoms with E-state index in [1.165, 1.54) is 11.8 Å². The highest BCUT2D eigenvalue weighted by Gasteiger charge is 2.32. The molecule has 1 aliphatic rings. The Balaban J connectivity index is 1.86. The van der Waals surface area contributed by atoms with E-state index in [4.69, 9.17) is 12.2 Å². The van der Waals surface area contributed by atoms with Crippen molar-refractivity contribution < 1.29 is 4.79 Å². The molecule has 0 N–H and O–H groups in total. The molecule has 1 heterocycles. The third-order valence-corrected chi connectivity index (χ3v) is 4.66. The van der Waals surface area contributed by atoms with Crippen molar-refractivity contribution in [3.8, 4) is 0 Å². The van der Waals surface area contributed by atoms with Crippen LogP contribution in [0.25, 0.3) is 6.08 Å². The van der Waals surface area contributed by atoms with Crippen LogP contribution in [0.15, 0.2) is 77.2 Å². The molecule has 0 aromatic heterocycles. The number of allylic oxidation sites excluding steroid dienone is 2. The van der Waals surface area contributed by atoms with Gasteiger partial charge in [0.1, 0.15) is 0 Å². The van der Waals surface area contributed by atoms with Gasteiger partial charge in [0.05, 0.1) is 10.6 Å². The number of hydrogen-bond acceptors (Lipinski definition) is 3. The summed E-state index contributed by atoms with van der Waals surface area (Å²) in [4.78, 5) is 14.9. The molecule has 0 bridgehead atoms. The lowest BCUT2D eigenvalue weighted by atomic mass is 10.1. The maximum absolute atomic E-state index is 12.6. The molecule has 0 atom stereocenters. The second-order valence-corrected chi connectivity index (χ2v) is 6.83. The molecular formula is C19H15NOS2. The Morgan fingerprint density at radius 1 is 1.04 bits per heavy atom. The fourth-order valence-corrected chi connectivity index (χ4v) is 3.68. The minimum atomic E-state index is -0.0630. The van der Waals surface area contributed by atoms with Crippen molar-refractivity contribution in [1.29, 1.82) is 0 Å². The highest BCUT2D eigenvalue weighted by molar-refractivity contribution is 8.27. The van der Waals surface area contributed by atoms with Crippen LogP contribution in [0.2, 0.25) is 0 Å². The van der Waals surface area contributed by atoms with Gasteiger partial charge in [-0.3, -0.25) is 9.69 Å². The van der Waals surface area contributed by atoms with Crippen LogP contribution < -0.4 is 4.90 Å². The number of benzene rings is 2. The van der Waals surface area contributed by atoms with Crippen LogP contribution in [0.4, 0.5) is 5.69 Å². The lowest BCUT2D eigenvalue weighted by Gasteiger charge is -2.13. The van der Waals surface area contributed by atoms with Crippen LogP contribution in [0.1, 0.15) is 12.5 Å². The van der Waals surface area contributed by atoms with Gasteiger partial charge in [-0.2, -0.15) is 0 Å². The molecule has 2 nitrogen and oxygen atoms in total. The number of amides is 1. The van der Waals surface area contributed by atoms with E-state index in [0.29, 0.717) is 9.23 Å². The third kappa shape index (κ3) is 3.60. The molecule has 1 amide bonds. The van der Waals surface area contributed by atoms with Gasteiger partial charge >= 0.3 is 0 Å². The summed E-state index contributed by atoms with van der Waals surface area (Å²) in [7, 11) is 0. The van der Waals surface area contributed by atoms with Gasteiger partial charge in [-0.05, 0) is 36.3 Å². The van der Waals surface area contributed by atoms with E-state index in [2.05, 4.69) is 6.08 Å². The first-order valence-corrected chi connectivity index (χ1v) is 8.44. The SMILES string of the molecule is CC(=Cc1ccccc1)/C=C1\SC(=S)N(c2ccccc2)C1=O. The summed E-state index contributed by atoms with van der Waals surface area (Å²) < 4.78 is 0.569. The van der Waals surface area contributed by atoms with E-state index in [9.17, 15) is 4.79 Å². The Morgan fingerprint density at radius 3 is 2.30 bits per heavy atom. The molecule has 2 aromatic carbocycles. The second kappa shape index (κ2) is 6.94. The van der Waals surface area contributed by atoms with Gasteiger partial charge in [0.25, 0.3) is 5.91 Å². The Kier molecular flexibility index (Phi) is 4.74. The van der Waals surface area contributed by atoms with Crippen LogP contribution >= 0.6 is 24.0 Å². The number of para-hydroxylation sites is 1. The van der Waals surface area contributed by atoms with Crippen molar-refractivity contribution in [3.63, 3.8) is 0 Å². The van der Waals surface area contributed by atoms with Gasteiger partial charge in [0.15, 0.2) is 4.32 Å². The first-order chi connectivity index (χ1) is 11.1. The molecular weight excluding hydrogens is 322 g/mol. The van der Waals surface area contributed by atoms with Crippen molar-refractivity contribution >= 4 is 46.0 Å². The van der Waals surface area contributed by atoms with Crippen LogP contribution in [0.5, 0.6) is 0 Å². The maximum Gasteiger partial charge on any atom is 0.270 e. The summed E-state index contributed by atoms with van der Waals surface area (Å²) in [5.74, 6) is -0.0630. The summed E-state index contributed by atoms with van der Waals surface area (Å²) in [6, 6.07) is 19.5. The highest BCUT2D eigenvalue weighted by atomic mass is 32.2. The highest BCUT2D eigenvalue weighted by Crippen LogP contribution is 2.35. The predicted octanol–water partition coefficient (Wildman–Crippen LogP) is 5.04. The predicted molar refractivity (Wildman–Crippen MR) is 102 cm³/mol. The maximum atomic E-state index is 12.6. The average Bonchev–Trinajstić information content (AvgIpc) is 2.83. The second-order valence-electron chi connectivity index (χ2n) is 5.15. The molecule has 0 aliphatic carbocycles. The topological polar surface area (TPSA) is 20.3 Å². The van der Waals surface area contributed by atoms with E-state index in [1.54, 1.807) is 4.90 Å². The molecule has 0 spiro atoms. The van der Waals surface area contributed by atoms with E-state index < -0.39 is 0 Å². The smallest absolute Gasteiger partial charge is 0.268 e. The summed E-state index contributed by atoms with van der Waals surface area (Å²) in [5, 5.41) is 0. The van der Waals surface area contributed by atoms with Crippen LogP contribution in [0, 0.1) is 0 Å². The van der Waals surface area contributed by atoms with Gasteiger partial charge in [0.2, 0.25) is 0 Å². The number of thioether (sulfide) groups is 1. The van der Waals surface area contributed by atoms with Crippen molar-refractivity contribution in [3.05, 3.63) is 82.8 Å². The molecule has 0 saturated carbocycles. The molecule has 114 valence electrons. The fraction of sp³-hybridized carbons (Fsp3) is 0.0526. The van der Waals surface area contributed by atoms with Crippen molar-refractivity contribution in [1.82, 2.24) is 0 Å². The Hall–Kier alpha value is -2.17. The van der Waals surface area contributed by atoms with E-state index in [1.807, 2.05) is 73.7 Å². The van der Waals surface area contributed by atoms with Crippen molar-refractivity contribution in [2.24, 2.45) is 0 Å². The summed E-state index contributed by atoms with van der Waals surface area (Å²) in [5.41, 5.74) is 2.94. The molecule has 2 aromatic rings. The average molecular weight is 337 g/mol. The molecule has 23 heavy (non-hydrogen) atoms. The van der Waals surface area contributed by atoms with E-state index in [0.717, 1.165) is 16.8 Å². The lowest BCUT2D eigenvalue weighted by molar-refractivity contribution is -0.113. The van der Waals surface area contributed by atoms with Gasteiger partial charge in [-0.15, -0.1) is 0 Å². The summed E-state index contributed by atoms with van der Waals surface area (Å²) >= 11 is 6.71. The minimum absolute atomic E-state index is 0.0630. The largest absolute Gasteiger partial charge is 0.270 e. The molecule has 0 unspecified atom stereocenters. The Morgan fingerprint density at radius 2 is 1.65 bits per heavy atom. The number of thiocarbonyl (C=S) groups is 1. The van der Waals surface area contributed by atoms with Gasteiger partial charge in [-0.1, -0.05) is 78.6 Å². The first-order valence-electron chi connectivity index (χ1n) is 7.21. The van der Waals surface area contributed by atoms with E-state index >= 15 is 0 Å². The van der Waals surface area contributed by atoms with E-state index in [-0.39, 0.29) is 5.91 Å². The zero-order valence-electron chi connectivity index (χ0n) is 12.6. The van der Waals surface area contributed by atoms with Crippen molar-refractivity contribution in [2.45, 2.75) is 6.92 Å². The number of nitrogens with zero attached hydrogens (tertiary/aromatic N) is 1. The molecule has 0 radical (unpaired) electrons. The first kappa shape index (κ1) is 15.7. The summed E-state index contributed by atoms with van der Waals surface area (Å²) in [6.07, 6.45) is 3.95.